The zero-order valence-electron chi connectivity index (χ0n) is 16.2. The first kappa shape index (κ1) is 23.0. The Bertz CT molecular complexity index is 969. The van der Waals surface area contributed by atoms with Gasteiger partial charge in [0.2, 0.25) is 5.96 Å². The molecule has 1 aromatic carbocycles. The fourth-order valence-corrected chi connectivity index (χ4v) is 3.52. The molecule has 0 spiro atoms. The minimum absolute atomic E-state index is 0.0473. The van der Waals surface area contributed by atoms with Gasteiger partial charge in [-0.25, -0.2) is 13.4 Å². The second-order valence-electron chi connectivity index (χ2n) is 6.24. The Kier molecular flexibility index (Phi) is 8.00. The summed E-state index contributed by atoms with van der Waals surface area (Å²) in [6, 6.07) is 5.31. The lowest BCUT2D eigenvalue weighted by Crippen LogP contribution is -2.42. The summed E-state index contributed by atoms with van der Waals surface area (Å²) in [5, 5.41) is 12.6. The average molecular weight is 440 g/mol. The Morgan fingerprint density at radius 2 is 2.00 bits per heavy atom. The second-order valence-corrected chi connectivity index (χ2v) is 7.93. The first-order valence-electron chi connectivity index (χ1n) is 8.87. The lowest BCUT2D eigenvalue weighted by atomic mass is 10.1. The Morgan fingerprint density at radius 1 is 1.30 bits per heavy atom. The van der Waals surface area contributed by atoms with Gasteiger partial charge in [-0.2, -0.15) is 4.72 Å². The van der Waals surface area contributed by atoms with Crippen LogP contribution in [0.25, 0.3) is 0 Å². The van der Waals surface area contributed by atoms with E-state index < -0.39 is 22.0 Å². The molecule has 0 fully saturated rings. The van der Waals surface area contributed by atoms with E-state index in [1.807, 2.05) is 0 Å². The van der Waals surface area contributed by atoms with Crippen LogP contribution in [0.15, 0.2) is 40.6 Å². The van der Waals surface area contributed by atoms with Gasteiger partial charge in [0.1, 0.15) is 24.2 Å². The molecule has 0 amide bonds. The molecule has 1 atom stereocenters. The van der Waals surface area contributed by atoms with Gasteiger partial charge in [0.15, 0.2) is 5.03 Å². The smallest absolute Gasteiger partial charge is 0.322 e. The van der Waals surface area contributed by atoms with Crippen LogP contribution in [0.3, 0.4) is 0 Å². The van der Waals surface area contributed by atoms with Crippen molar-refractivity contribution < 1.29 is 27.9 Å². The van der Waals surface area contributed by atoms with Gasteiger partial charge in [0.05, 0.1) is 12.8 Å². The van der Waals surface area contributed by atoms with Crippen LogP contribution in [-0.2, 0) is 26.1 Å². The number of aliphatic carboxylic acids is 1. The number of guanidine groups is 1. The predicted octanol–water partition coefficient (Wildman–Crippen LogP) is -0.334. The Labute approximate surface area is 173 Å². The van der Waals surface area contributed by atoms with E-state index >= 15 is 0 Å². The maximum atomic E-state index is 12.3. The Hall–Kier alpha value is -3.32. The van der Waals surface area contributed by atoms with E-state index in [0.717, 1.165) is 6.20 Å². The van der Waals surface area contributed by atoms with E-state index in [-0.39, 0.29) is 24.0 Å². The summed E-state index contributed by atoms with van der Waals surface area (Å²) in [5.41, 5.74) is 10.9. The van der Waals surface area contributed by atoms with Crippen molar-refractivity contribution in [1.82, 2.24) is 14.7 Å². The molecule has 2 rings (SSSR count). The number of benzene rings is 1. The number of ether oxygens (including phenoxy) is 1. The van der Waals surface area contributed by atoms with Gasteiger partial charge < -0.3 is 31.1 Å². The van der Waals surface area contributed by atoms with Crippen molar-refractivity contribution in [3.05, 3.63) is 41.9 Å². The quantitative estimate of drug-likeness (QED) is 0.127. The standard InChI is InChI=1S/C17H24N6O6S/c1-11-20-10-15(21-11)30(26,27)23-14(16(24)25)9-12-3-5-13(6-4-12)28-7-2-8-29-22-17(18)19/h3-6,10,14,23H,2,7-9H2,1H3,(H,20,21)(H,24,25)(H4,18,19,22)/t14-/m0/s1. The van der Waals surface area contributed by atoms with Gasteiger partial charge in [0, 0.05) is 6.42 Å². The van der Waals surface area contributed by atoms with Crippen LogP contribution in [-0.4, -0.2) is 54.7 Å². The van der Waals surface area contributed by atoms with Crippen LogP contribution in [0.2, 0.25) is 0 Å². The first-order valence-corrected chi connectivity index (χ1v) is 10.3. The summed E-state index contributed by atoms with van der Waals surface area (Å²) in [7, 11) is -4.05. The van der Waals surface area contributed by atoms with Crippen molar-refractivity contribution in [2.45, 2.75) is 30.8 Å². The number of aryl methyl sites for hydroxylation is 1. The van der Waals surface area contributed by atoms with Gasteiger partial charge in [-0.1, -0.05) is 12.1 Å². The number of imidazole rings is 1. The number of carboxylic acids is 1. The molecule has 0 saturated carbocycles. The topological polar surface area (TPSA) is 195 Å². The number of hydrogen-bond acceptors (Lipinski definition) is 7. The minimum Gasteiger partial charge on any atom is -0.493 e. The largest absolute Gasteiger partial charge is 0.493 e. The van der Waals surface area contributed by atoms with E-state index in [1.54, 1.807) is 31.2 Å². The number of nitrogens with zero attached hydrogens (tertiary/aromatic N) is 2. The van der Waals surface area contributed by atoms with Crippen LogP contribution in [0.4, 0.5) is 0 Å². The molecule has 1 aromatic heterocycles. The molecule has 2 aromatic rings. The highest BCUT2D eigenvalue weighted by molar-refractivity contribution is 7.89. The highest BCUT2D eigenvalue weighted by Gasteiger charge is 2.26. The first-order chi connectivity index (χ1) is 14.2. The van der Waals surface area contributed by atoms with Crippen molar-refractivity contribution in [1.29, 1.82) is 0 Å². The molecule has 0 aliphatic heterocycles. The van der Waals surface area contributed by atoms with Crippen LogP contribution < -0.4 is 20.9 Å². The van der Waals surface area contributed by atoms with Gasteiger partial charge >= 0.3 is 5.97 Å². The summed E-state index contributed by atoms with van der Waals surface area (Å²) < 4.78 is 32.4. The number of hydrogen-bond donors (Lipinski definition) is 5. The summed E-state index contributed by atoms with van der Waals surface area (Å²) in [6.07, 6.45) is 1.63. The molecule has 7 N–H and O–H groups in total. The number of aromatic amines is 1. The van der Waals surface area contributed by atoms with E-state index in [9.17, 15) is 18.3 Å². The van der Waals surface area contributed by atoms with Gasteiger partial charge in [-0.15, -0.1) is 0 Å². The predicted molar refractivity (Wildman–Crippen MR) is 107 cm³/mol. The maximum absolute atomic E-state index is 12.3. The Balaban J connectivity index is 1.90. The van der Waals surface area contributed by atoms with Crippen LogP contribution in [0, 0.1) is 6.92 Å². The van der Waals surface area contributed by atoms with Gasteiger partial charge in [-0.3, -0.25) is 4.79 Å². The van der Waals surface area contributed by atoms with Crippen molar-refractivity contribution in [3.8, 4) is 5.75 Å². The third-order valence-corrected chi connectivity index (χ3v) is 5.13. The minimum atomic E-state index is -4.05. The SMILES string of the molecule is Cc1ncc(S(=O)(=O)N[C@@H](Cc2ccc(OCCCON=C(N)N)cc2)C(=O)O)[nH]1. The number of sulfonamides is 1. The highest BCUT2D eigenvalue weighted by Crippen LogP contribution is 2.15. The maximum Gasteiger partial charge on any atom is 0.322 e. The fourth-order valence-electron chi connectivity index (χ4n) is 2.36. The van der Waals surface area contributed by atoms with E-state index in [2.05, 4.69) is 19.8 Å². The van der Waals surface area contributed by atoms with E-state index in [4.69, 9.17) is 21.0 Å². The Morgan fingerprint density at radius 3 is 2.57 bits per heavy atom. The summed E-state index contributed by atoms with van der Waals surface area (Å²) in [6.45, 7) is 2.24. The number of carbonyl (C=O) groups is 1. The molecule has 13 heteroatoms. The van der Waals surface area contributed by atoms with Crippen LogP contribution in [0.5, 0.6) is 5.75 Å². The second kappa shape index (κ2) is 10.5. The fraction of sp³-hybridized carbons (Fsp3) is 0.353. The molecule has 0 unspecified atom stereocenters. The van der Waals surface area contributed by atoms with Crippen LogP contribution in [0.1, 0.15) is 17.8 Å². The summed E-state index contributed by atoms with van der Waals surface area (Å²) in [5.74, 6) is -0.481. The van der Waals surface area contributed by atoms with E-state index in [0.29, 0.717) is 30.2 Å². The number of nitrogens with one attached hydrogen (secondary N) is 2. The van der Waals surface area contributed by atoms with Gasteiger partial charge in [-0.05, 0) is 36.2 Å². The third-order valence-electron chi connectivity index (χ3n) is 3.75. The third kappa shape index (κ3) is 7.25. The number of rotatable bonds is 12. The molecule has 0 radical (unpaired) electrons. The molecular weight excluding hydrogens is 416 g/mol. The normalized spacial score (nSPS) is 12.2. The van der Waals surface area contributed by atoms with Gasteiger partial charge in [0.25, 0.3) is 10.0 Å². The average Bonchev–Trinajstić information content (AvgIpc) is 3.12. The van der Waals surface area contributed by atoms with E-state index in [1.165, 1.54) is 0 Å². The number of oxime groups is 1. The lowest BCUT2D eigenvalue weighted by Gasteiger charge is -2.14. The number of nitrogens with two attached hydrogens (primary N) is 2. The lowest BCUT2D eigenvalue weighted by molar-refractivity contribution is -0.138. The zero-order valence-corrected chi connectivity index (χ0v) is 17.1. The zero-order chi connectivity index (χ0) is 22.1. The molecule has 0 bridgehead atoms. The summed E-state index contributed by atoms with van der Waals surface area (Å²) in [4.78, 5) is 22.8. The molecule has 0 aliphatic rings. The van der Waals surface area contributed by atoms with Crippen molar-refractivity contribution in [3.63, 3.8) is 0 Å². The number of carboxylic acid groups (broad SMARTS) is 1. The number of aromatic nitrogens is 2. The number of H-pyrrole nitrogens is 1. The van der Waals surface area contributed by atoms with Crippen molar-refractivity contribution in [2.24, 2.45) is 16.6 Å². The monoisotopic (exact) mass is 440 g/mol. The molecule has 30 heavy (non-hydrogen) atoms. The highest BCUT2D eigenvalue weighted by atomic mass is 32.2. The van der Waals surface area contributed by atoms with Crippen molar-refractivity contribution in [2.75, 3.05) is 13.2 Å². The molecule has 164 valence electrons. The molecular formula is C17H24N6O6S. The van der Waals surface area contributed by atoms with Crippen molar-refractivity contribution >= 4 is 22.0 Å². The molecule has 0 aliphatic carbocycles. The molecule has 1 heterocycles. The molecule has 0 saturated heterocycles. The van der Waals surface area contributed by atoms with Crippen LogP contribution >= 0.6 is 0 Å². The molecule has 12 nitrogen and oxygen atoms in total. The summed E-state index contributed by atoms with van der Waals surface area (Å²) >= 11 is 0.